The van der Waals surface area contributed by atoms with E-state index in [2.05, 4.69) is 15.2 Å². The van der Waals surface area contributed by atoms with Gasteiger partial charge in [0.15, 0.2) is 5.84 Å². The van der Waals surface area contributed by atoms with Gasteiger partial charge in [-0.05, 0) is 48.2 Å². The number of ether oxygens (including phenoxy) is 2. The summed E-state index contributed by atoms with van der Waals surface area (Å²) in [7, 11) is 1.37. The number of aliphatic imine (C=N–C) groups is 1. The van der Waals surface area contributed by atoms with Crippen molar-refractivity contribution in [2.24, 2.45) is 4.99 Å². The van der Waals surface area contributed by atoms with Crippen molar-refractivity contribution in [1.29, 1.82) is 0 Å². The molecule has 5 rings (SSSR count). The molecule has 2 aliphatic heterocycles. The quantitative estimate of drug-likeness (QED) is 0.741. The van der Waals surface area contributed by atoms with E-state index in [0.29, 0.717) is 61.0 Å². The number of halogens is 1. The summed E-state index contributed by atoms with van der Waals surface area (Å²) in [5, 5.41) is 3.37. The van der Waals surface area contributed by atoms with Crippen molar-refractivity contribution in [2.45, 2.75) is 18.4 Å². The summed E-state index contributed by atoms with van der Waals surface area (Å²) >= 11 is 0. The monoisotopic (exact) mass is 436 g/mol. The second-order valence-corrected chi connectivity index (χ2v) is 8.20. The van der Waals surface area contributed by atoms with Crippen LogP contribution in [0.1, 0.15) is 23.2 Å². The average Bonchev–Trinajstić information content (AvgIpc) is 3.17. The highest BCUT2D eigenvalue weighted by atomic mass is 19.1. The Morgan fingerprint density at radius 2 is 2.12 bits per heavy atom. The number of fused-ring (bicyclic) bond motifs is 2. The van der Waals surface area contributed by atoms with E-state index in [9.17, 15) is 9.18 Å². The molecule has 1 aromatic heterocycles. The van der Waals surface area contributed by atoms with Gasteiger partial charge < -0.3 is 14.8 Å². The highest BCUT2D eigenvalue weighted by molar-refractivity contribution is 6.03. The van der Waals surface area contributed by atoms with Crippen LogP contribution in [0.2, 0.25) is 0 Å². The van der Waals surface area contributed by atoms with Crippen LogP contribution in [0.3, 0.4) is 0 Å². The number of carbonyl (C=O) groups is 1. The third-order valence-corrected chi connectivity index (χ3v) is 6.34. The second kappa shape index (κ2) is 8.44. The van der Waals surface area contributed by atoms with Gasteiger partial charge in [0, 0.05) is 31.5 Å². The van der Waals surface area contributed by atoms with E-state index in [1.165, 1.54) is 19.2 Å². The molecule has 1 aromatic carbocycles. The van der Waals surface area contributed by atoms with Crippen LogP contribution in [0.25, 0.3) is 0 Å². The van der Waals surface area contributed by atoms with E-state index in [0.717, 1.165) is 18.7 Å². The number of aryl methyl sites for hydroxylation is 1. The van der Waals surface area contributed by atoms with Gasteiger partial charge in [-0.3, -0.25) is 9.88 Å². The summed E-state index contributed by atoms with van der Waals surface area (Å²) in [6.45, 7) is 3.30. The molecule has 166 valence electrons. The first-order valence-electron chi connectivity index (χ1n) is 10.8. The Hall–Kier alpha value is -3.10. The Bertz CT molecular complexity index is 1100. The van der Waals surface area contributed by atoms with Crippen LogP contribution in [-0.4, -0.2) is 61.6 Å². The SMILES string of the molecule is COC(=O)C1=C(CN2CCOCC2)NC(c2ccccn2)=NC12CCc1ccc(F)cc12. The molecule has 1 spiro atoms. The van der Waals surface area contributed by atoms with Crippen LogP contribution in [0.15, 0.2) is 58.9 Å². The van der Waals surface area contributed by atoms with Crippen molar-refractivity contribution in [3.63, 3.8) is 0 Å². The number of hydrogen-bond acceptors (Lipinski definition) is 7. The Kier molecular flexibility index (Phi) is 5.48. The van der Waals surface area contributed by atoms with Crippen molar-refractivity contribution in [3.8, 4) is 0 Å². The van der Waals surface area contributed by atoms with Gasteiger partial charge in [0.25, 0.3) is 0 Å². The second-order valence-electron chi connectivity index (χ2n) is 8.20. The molecule has 0 saturated carbocycles. The van der Waals surface area contributed by atoms with Gasteiger partial charge in [-0.2, -0.15) is 0 Å². The van der Waals surface area contributed by atoms with Crippen LogP contribution in [-0.2, 0) is 26.2 Å². The zero-order valence-corrected chi connectivity index (χ0v) is 17.9. The number of pyridine rings is 1. The fourth-order valence-corrected chi connectivity index (χ4v) is 4.83. The average molecular weight is 436 g/mol. The molecule has 1 aliphatic carbocycles. The molecule has 1 N–H and O–H groups in total. The summed E-state index contributed by atoms with van der Waals surface area (Å²) in [5.41, 5.74) is 2.50. The lowest BCUT2D eigenvalue weighted by atomic mass is 9.81. The number of methoxy groups -OCH3 is 1. The van der Waals surface area contributed by atoms with Crippen LogP contribution in [0.4, 0.5) is 4.39 Å². The minimum atomic E-state index is -1.02. The Morgan fingerprint density at radius 1 is 1.28 bits per heavy atom. The number of carbonyl (C=O) groups excluding carboxylic acids is 1. The molecular formula is C24H25FN4O3. The summed E-state index contributed by atoms with van der Waals surface area (Å²) in [5.74, 6) is -0.239. The molecule has 1 fully saturated rings. The molecule has 0 radical (unpaired) electrons. The number of aromatic nitrogens is 1. The fraction of sp³-hybridized carbons (Fsp3) is 0.375. The molecule has 3 aliphatic rings. The maximum absolute atomic E-state index is 14.4. The zero-order chi connectivity index (χ0) is 22.1. The first-order valence-corrected chi connectivity index (χ1v) is 10.8. The lowest BCUT2D eigenvalue weighted by molar-refractivity contribution is -0.137. The van der Waals surface area contributed by atoms with Crippen molar-refractivity contribution in [2.75, 3.05) is 40.0 Å². The molecule has 8 heteroatoms. The first-order chi connectivity index (χ1) is 15.6. The Labute approximate surface area is 186 Å². The van der Waals surface area contributed by atoms with Gasteiger partial charge in [0.2, 0.25) is 0 Å². The third kappa shape index (κ3) is 3.59. The van der Waals surface area contributed by atoms with Crippen LogP contribution >= 0.6 is 0 Å². The highest BCUT2D eigenvalue weighted by Gasteiger charge is 2.49. The van der Waals surface area contributed by atoms with Crippen molar-refractivity contribution in [3.05, 3.63) is 76.5 Å². The minimum Gasteiger partial charge on any atom is -0.466 e. The van der Waals surface area contributed by atoms with E-state index in [-0.39, 0.29) is 5.82 Å². The molecule has 2 aromatic rings. The van der Waals surface area contributed by atoms with Gasteiger partial charge in [-0.25, -0.2) is 14.2 Å². The predicted molar refractivity (Wildman–Crippen MR) is 117 cm³/mol. The molecule has 1 unspecified atom stereocenters. The lowest BCUT2D eigenvalue weighted by Crippen LogP contribution is -2.47. The molecule has 1 atom stereocenters. The fourth-order valence-electron chi connectivity index (χ4n) is 4.83. The van der Waals surface area contributed by atoms with Crippen LogP contribution < -0.4 is 5.32 Å². The number of nitrogens with zero attached hydrogens (tertiary/aromatic N) is 3. The summed E-state index contributed by atoms with van der Waals surface area (Å²) in [4.78, 5) is 24.9. The number of esters is 1. The largest absolute Gasteiger partial charge is 0.466 e. The van der Waals surface area contributed by atoms with E-state index >= 15 is 0 Å². The Balaban J connectivity index is 1.69. The molecule has 7 nitrogen and oxygen atoms in total. The van der Waals surface area contributed by atoms with Crippen molar-refractivity contribution < 1.29 is 18.7 Å². The third-order valence-electron chi connectivity index (χ3n) is 6.34. The standard InChI is InChI=1S/C24H25FN4O3/c1-31-23(30)21-20(15-29-10-12-32-13-11-29)27-22(19-4-2-3-9-26-19)28-24(21)8-7-16-5-6-17(25)14-18(16)24/h2-6,9,14H,7-8,10-13,15H2,1H3,(H,27,28). The van der Waals surface area contributed by atoms with Gasteiger partial charge in [0.05, 0.1) is 25.9 Å². The van der Waals surface area contributed by atoms with E-state index in [4.69, 9.17) is 14.5 Å². The summed E-state index contributed by atoms with van der Waals surface area (Å²) in [6, 6.07) is 10.3. The molecule has 0 amide bonds. The summed E-state index contributed by atoms with van der Waals surface area (Å²) in [6.07, 6.45) is 2.95. The lowest BCUT2D eigenvalue weighted by Gasteiger charge is -2.37. The number of rotatable bonds is 4. The van der Waals surface area contributed by atoms with Crippen molar-refractivity contribution >= 4 is 11.8 Å². The summed E-state index contributed by atoms with van der Waals surface area (Å²) < 4.78 is 25.1. The number of amidine groups is 1. The van der Waals surface area contributed by atoms with E-state index in [1.54, 1.807) is 12.3 Å². The number of nitrogens with one attached hydrogen (secondary N) is 1. The number of morpholine rings is 1. The van der Waals surface area contributed by atoms with E-state index in [1.807, 2.05) is 18.2 Å². The smallest absolute Gasteiger partial charge is 0.338 e. The predicted octanol–water partition coefficient (Wildman–Crippen LogP) is 2.17. The van der Waals surface area contributed by atoms with Gasteiger partial charge in [-0.15, -0.1) is 0 Å². The van der Waals surface area contributed by atoms with Gasteiger partial charge >= 0.3 is 5.97 Å². The highest BCUT2D eigenvalue weighted by Crippen LogP contribution is 2.48. The molecule has 0 bridgehead atoms. The van der Waals surface area contributed by atoms with Crippen molar-refractivity contribution in [1.82, 2.24) is 15.2 Å². The molecule has 3 heterocycles. The molecule has 1 saturated heterocycles. The number of hydrogen-bond donors (Lipinski definition) is 1. The maximum Gasteiger partial charge on any atom is 0.338 e. The van der Waals surface area contributed by atoms with Gasteiger partial charge in [0.1, 0.15) is 17.1 Å². The zero-order valence-electron chi connectivity index (χ0n) is 17.9. The Morgan fingerprint density at radius 3 is 2.88 bits per heavy atom. The number of benzene rings is 1. The van der Waals surface area contributed by atoms with E-state index < -0.39 is 11.5 Å². The molecular weight excluding hydrogens is 411 g/mol. The minimum absolute atomic E-state index is 0.350. The topological polar surface area (TPSA) is 76.0 Å². The normalized spacial score (nSPS) is 23.0. The van der Waals surface area contributed by atoms with Gasteiger partial charge in [-0.1, -0.05) is 12.1 Å². The van der Waals surface area contributed by atoms with Crippen LogP contribution in [0.5, 0.6) is 0 Å². The maximum atomic E-state index is 14.4. The molecule has 32 heavy (non-hydrogen) atoms. The van der Waals surface area contributed by atoms with Crippen LogP contribution in [0, 0.1) is 5.82 Å². The first kappa shape index (κ1) is 20.8.